The van der Waals surface area contributed by atoms with Crippen molar-refractivity contribution in [3.8, 4) is 0 Å². The van der Waals surface area contributed by atoms with Crippen molar-refractivity contribution in [2.45, 2.75) is 39.8 Å². The van der Waals surface area contributed by atoms with Crippen LogP contribution < -0.4 is 5.32 Å². The van der Waals surface area contributed by atoms with Crippen molar-refractivity contribution < 1.29 is 0 Å². The lowest BCUT2D eigenvalue weighted by atomic mass is 10.2. The second-order valence-electron chi connectivity index (χ2n) is 4.88. The van der Waals surface area contributed by atoms with E-state index in [9.17, 15) is 0 Å². The molecule has 0 saturated heterocycles. The van der Waals surface area contributed by atoms with Gasteiger partial charge in [-0.3, -0.25) is 4.68 Å². The van der Waals surface area contributed by atoms with Gasteiger partial charge in [0.05, 0.1) is 5.69 Å². The molecule has 0 fully saturated rings. The Morgan fingerprint density at radius 3 is 2.76 bits per heavy atom. The highest BCUT2D eigenvalue weighted by Gasteiger charge is 2.06. The third-order valence-corrected chi connectivity index (χ3v) is 3.16. The summed E-state index contributed by atoms with van der Waals surface area (Å²) in [5, 5.41) is 7.92. The molecule has 1 aromatic heterocycles. The van der Waals surface area contributed by atoms with Crippen LogP contribution in [-0.4, -0.2) is 40.9 Å². The van der Waals surface area contributed by atoms with Crippen molar-refractivity contribution in [3.63, 3.8) is 0 Å². The van der Waals surface area contributed by atoms with Crippen LogP contribution in [0.2, 0.25) is 0 Å². The largest absolute Gasteiger partial charge is 0.311 e. The molecule has 1 heterocycles. The van der Waals surface area contributed by atoms with Crippen molar-refractivity contribution in [1.29, 1.82) is 0 Å². The molecule has 0 bridgehead atoms. The Bertz CT molecular complexity index is 330. The maximum atomic E-state index is 4.44. The lowest BCUT2D eigenvalue weighted by Gasteiger charge is -2.20. The Morgan fingerprint density at radius 2 is 2.18 bits per heavy atom. The highest BCUT2D eigenvalue weighted by molar-refractivity contribution is 5.16. The van der Waals surface area contributed by atoms with Gasteiger partial charge in [0.2, 0.25) is 0 Å². The lowest BCUT2D eigenvalue weighted by Crippen LogP contribution is -2.33. The quantitative estimate of drug-likeness (QED) is 0.729. The lowest BCUT2D eigenvalue weighted by molar-refractivity contribution is 0.273. The molecule has 0 amide bonds. The van der Waals surface area contributed by atoms with Crippen molar-refractivity contribution >= 4 is 0 Å². The smallest absolute Gasteiger partial charge is 0.0666 e. The molecule has 1 N–H and O–H groups in total. The number of nitrogens with zero attached hydrogens (tertiary/aromatic N) is 3. The molecule has 0 aliphatic carbocycles. The van der Waals surface area contributed by atoms with E-state index in [1.165, 1.54) is 11.3 Å². The highest BCUT2D eigenvalue weighted by Crippen LogP contribution is 2.06. The number of hydrogen-bond donors (Lipinski definition) is 1. The van der Waals surface area contributed by atoms with Crippen LogP contribution in [0.15, 0.2) is 6.20 Å². The summed E-state index contributed by atoms with van der Waals surface area (Å²) in [5.41, 5.74) is 2.53. The van der Waals surface area contributed by atoms with Gasteiger partial charge in [-0.05, 0) is 27.3 Å². The average Bonchev–Trinajstić information content (AvgIpc) is 2.64. The van der Waals surface area contributed by atoms with Crippen molar-refractivity contribution in [2.24, 2.45) is 7.05 Å². The Labute approximate surface area is 105 Å². The van der Waals surface area contributed by atoms with E-state index in [0.29, 0.717) is 6.04 Å². The maximum Gasteiger partial charge on any atom is 0.0666 e. The standard InChI is InChI=1S/C13H26N4/c1-6-13-12(10-17(5)15-13)9-14-7-8-16(4)11(2)3/h10-11,14H,6-9H2,1-5H3. The number of nitrogens with one attached hydrogen (secondary N) is 1. The van der Waals surface area contributed by atoms with Gasteiger partial charge in [-0.15, -0.1) is 0 Å². The Kier molecular flexibility index (Phi) is 5.65. The summed E-state index contributed by atoms with van der Waals surface area (Å²) in [4.78, 5) is 2.34. The minimum atomic E-state index is 0.612. The molecule has 98 valence electrons. The van der Waals surface area contributed by atoms with Crippen LogP contribution in [0.5, 0.6) is 0 Å². The van der Waals surface area contributed by atoms with Gasteiger partial charge >= 0.3 is 0 Å². The molecule has 0 aromatic carbocycles. The topological polar surface area (TPSA) is 33.1 Å². The van der Waals surface area contributed by atoms with Crippen LogP contribution in [0.25, 0.3) is 0 Å². The van der Waals surface area contributed by atoms with Crippen LogP contribution in [-0.2, 0) is 20.0 Å². The predicted molar refractivity (Wildman–Crippen MR) is 72.1 cm³/mol. The van der Waals surface area contributed by atoms with E-state index in [-0.39, 0.29) is 0 Å². The number of aromatic nitrogens is 2. The monoisotopic (exact) mass is 238 g/mol. The third kappa shape index (κ3) is 4.48. The summed E-state index contributed by atoms with van der Waals surface area (Å²) in [6.07, 6.45) is 3.11. The maximum absolute atomic E-state index is 4.44. The fourth-order valence-corrected chi connectivity index (χ4v) is 1.77. The van der Waals surface area contributed by atoms with E-state index >= 15 is 0 Å². The summed E-state index contributed by atoms with van der Waals surface area (Å²) >= 11 is 0. The van der Waals surface area contributed by atoms with Crippen LogP contribution >= 0.6 is 0 Å². The number of aryl methyl sites for hydroxylation is 2. The fourth-order valence-electron chi connectivity index (χ4n) is 1.77. The van der Waals surface area contributed by atoms with Gasteiger partial charge in [-0.1, -0.05) is 6.92 Å². The van der Waals surface area contributed by atoms with E-state index < -0.39 is 0 Å². The van der Waals surface area contributed by atoms with Crippen LogP contribution in [0, 0.1) is 0 Å². The molecule has 0 atom stereocenters. The van der Waals surface area contributed by atoms with Crippen molar-refractivity contribution in [3.05, 3.63) is 17.5 Å². The molecule has 0 unspecified atom stereocenters. The molecular formula is C13H26N4. The van der Waals surface area contributed by atoms with E-state index in [2.05, 4.69) is 49.3 Å². The second kappa shape index (κ2) is 6.77. The van der Waals surface area contributed by atoms with Gasteiger partial charge in [0.1, 0.15) is 0 Å². The third-order valence-electron chi connectivity index (χ3n) is 3.16. The molecule has 0 radical (unpaired) electrons. The molecule has 4 heteroatoms. The second-order valence-corrected chi connectivity index (χ2v) is 4.88. The van der Waals surface area contributed by atoms with Crippen LogP contribution in [0.4, 0.5) is 0 Å². The zero-order valence-electron chi connectivity index (χ0n) is 11.8. The first-order chi connectivity index (χ1) is 8.04. The Balaban J connectivity index is 2.31. The summed E-state index contributed by atoms with van der Waals surface area (Å²) < 4.78 is 1.90. The van der Waals surface area contributed by atoms with Gasteiger partial charge in [-0.25, -0.2) is 0 Å². The Hall–Kier alpha value is -0.870. The molecule has 0 spiro atoms. The molecule has 17 heavy (non-hydrogen) atoms. The zero-order valence-corrected chi connectivity index (χ0v) is 11.8. The molecule has 0 aliphatic rings. The van der Waals surface area contributed by atoms with Gasteiger partial charge in [0.15, 0.2) is 0 Å². The van der Waals surface area contributed by atoms with Gasteiger partial charge in [0.25, 0.3) is 0 Å². The van der Waals surface area contributed by atoms with E-state index in [0.717, 1.165) is 26.1 Å². The van der Waals surface area contributed by atoms with Gasteiger partial charge in [-0.2, -0.15) is 5.10 Å². The fraction of sp³-hybridized carbons (Fsp3) is 0.769. The van der Waals surface area contributed by atoms with Crippen LogP contribution in [0.1, 0.15) is 32.0 Å². The zero-order chi connectivity index (χ0) is 12.8. The molecule has 4 nitrogen and oxygen atoms in total. The van der Waals surface area contributed by atoms with Crippen molar-refractivity contribution in [1.82, 2.24) is 20.0 Å². The summed E-state index contributed by atoms with van der Waals surface area (Å²) in [6, 6.07) is 0.612. The van der Waals surface area contributed by atoms with Gasteiger partial charge < -0.3 is 10.2 Å². The number of rotatable bonds is 7. The Morgan fingerprint density at radius 1 is 1.47 bits per heavy atom. The van der Waals surface area contributed by atoms with Crippen LogP contribution in [0.3, 0.4) is 0 Å². The normalized spacial score (nSPS) is 11.7. The molecule has 1 aromatic rings. The SMILES string of the molecule is CCc1nn(C)cc1CNCCN(C)C(C)C. The first-order valence-corrected chi connectivity index (χ1v) is 6.47. The van der Waals surface area contributed by atoms with Gasteiger partial charge in [0, 0.05) is 44.5 Å². The minimum absolute atomic E-state index is 0.612. The summed E-state index contributed by atoms with van der Waals surface area (Å²) in [6.45, 7) is 9.61. The summed E-state index contributed by atoms with van der Waals surface area (Å²) in [5.74, 6) is 0. The average molecular weight is 238 g/mol. The highest BCUT2D eigenvalue weighted by atomic mass is 15.3. The molecule has 0 aliphatic heterocycles. The number of likely N-dealkylation sites (N-methyl/N-ethyl adjacent to an activating group) is 1. The summed E-state index contributed by atoms with van der Waals surface area (Å²) in [7, 11) is 4.14. The van der Waals surface area contributed by atoms with Crippen molar-refractivity contribution in [2.75, 3.05) is 20.1 Å². The number of hydrogen-bond acceptors (Lipinski definition) is 3. The van der Waals surface area contributed by atoms with E-state index in [1.807, 2.05) is 11.7 Å². The first kappa shape index (κ1) is 14.2. The first-order valence-electron chi connectivity index (χ1n) is 6.47. The predicted octanol–water partition coefficient (Wildman–Crippen LogP) is 1.41. The molecule has 1 rings (SSSR count). The van der Waals surface area contributed by atoms with E-state index in [1.54, 1.807) is 0 Å². The minimum Gasteiger partial charge on any atom is -0.311 e. The molecule has 0 saturated carbocycles. The van der Waals surface area contributed by atoms with E-state index in [4.69, 9.17) is 0 Å². The molecular weight excluding hydrogens is 212 g/mol.